The molecule has 0 aliphatic heterocycles. The van der Waals surface area contributed by atoms with E-state index in [-0.39, 0.29) is 11.7 Å². The molecule has 2 aromatic carbocycles. The maximum absolute atomic E-state index is 13.2. The van der Waals surface area contributed by atoms with Crippen molar-refractivity contribution in [2.24, 2.45) is 0 Å². The smallest absolute Gasteiger partial charge is 0.254 e. The summed E-state index contributed by atoms with van der Waals surface area (Å²) in [6.07, 6.45) is 2.86. The monoisotopic (exact) mass is 336 g/mol. The molecular formula is C19H17FN4O. The molecule has 0 saturated heterocycles. The highest BCUT2D eigenvalue weighted by Gasteiger charge is 2.08. The number of rotatable bonds is 5. The number of hydrogen-bond donors (Lipinski definition) is 2. The second kappa shape index (κ2) is 7.53. The van der Waals surface area contributed by atoms with Crippen LogP contribution in [0.1, 0.15) is 21.5 Å². The summed E-state index contributed by atoms with van der Waals surface area (Å²) in [6, 6.07) is 13.8. The van der Waals surface area contributed by atoms with E-state index in [2.05, 4.69) is 20.6 Å². The fraction of sp³-hybridized carbons (Fsp3) is 0.105. The quantitative estimate of drug-likeness (QED) is 0.747. The molecule has 0 bridgehead atoms. The second-order valence-electron chi connectivity index (χ2n) is 5.54. The largest absolute Gasteiger partial charge is 0.348 e. The number of aromatic nitrogens is 2. The number of anilines is 2. The summed E-state index contributed by atoms with van der Waals surface area (Å²) in [7, 11) is 0. The van der Waals surface area contributed by atoms with Crippen LogP contribution in [-0.4, -0.2) is 15.9 Å². The third-order valence-electron chi connectivity index (χ3n) is 3.70. The Kier molecular flexibility index (Phi) is 4.99. The Hall–Kier alpha value is -3.28. The van der Waals surface area contributed by atoms with Crippen LogP contribution in [0.2, 0.25) is 0 Å². The van der Waals surface area contributed by atoms with Gasteiger partial charge in [-0.2, -0.15) is 0 Å². The Morgan fingerprint density at radius 1 is 1.08 bits per heavy atom. The number of carbonyl (C=O) groups excluding carboxylic acids is 1. The molecule has 2 N–H and O–H groups in total. The highest BCUT2D eigenvalue weighted by molar-refractivity contribution is 5.93. The molecule has 3 aromatic rings. The number of nitrogens with zero attached hydrogens (tertiary/aromatic N) is 2. The number of halogens is 1. The fourth-order valence-electron chi connectivity index (χ4n) is 2.29. The molecule has 3 rings (SSSR count). The Balaban J connectivity index is 1.61. The van der Waals surface area contributed by atoms with Crippen LogP contribution < -0.4 is 10.6 Å². The van der Waals surface area contributed by atoms with E-state index in [4.69, 9.17) is 0 Å². The lowest BCUT2D eigenvalue weighted by molar-refractivity contribution is 0.0950. The van der Waals surface area contributed by atoms with Gasteiger partial charge in [-0.25, -0.2) is 14.4 Å². The molecule has 5 nitrogen and oxygen atoms in total. The van der Waals surface area contributed by atoms with Gasteiger partial charge in [-0.1, -0.05) is 30.3 Å². The van der Waals surface area contributed by atoms with E-state index < -0.39 is 0 Å². The first-order valence-electron chi connectivity index (χ1n) is 7.79. The summed E-state index contributed by atoms with van der Waals surface area (Å²) < 4.78 is 13.2. The average molecular weight is 336 g/mol. The van der Waals surface area contributed by atoms with E-state index in [1.54, 1.807) is 12.1 Å². The zero-order chi connectivity index (χ0) is 17.6. The highest BCUT2D eigenvalue weighted by atomic mass is 19.1. The van der Waals surface area contributed by atoms with Crippen LogP contribution in [0.25, 0.3) is 0 Å². The van der Waals surface area contributed by atoms with Crippen LogP contribution in [0.5, 0.6) is 0 Å². The summed E-state index contributed by atoms with van der Waals surface area (Å²) in [5.74, 6) is -0.307. The van der Waals surface area contributed by atoms with Gasteiger partial charge in [0.05, 0.1) is 5.56 Å². The van der Waals surface area contributed by atoms with Crippen LogP contribution in [0, 0.1) is 12.7 Å². The number of aryl methyl sites for hydroxylation is 1. The minimum atomic E-state index is -0.350. The molecule has 0 saturated carbocycles. The highest BCUT2D eigenvalue weighted by Crippen LogP contribution is 2.14. The zero-order valence-corrected chi connectivity index (χ0v) is 13.7. The molecule has 0 aliphatic carbocycles. The number of benzene rings is 2. The van der Waals surface area contributed by atoms with Gasteiger partial charge in [-0.15, -0.1) is 0 Å². The third kappa shape index (κ3) is 4.38. The van der Waals surface area contributed by atoms with Crippen molar-refractivity contribution >= 4 is 17.5 Å². The lowest BCUT2D eigenvalue weighted by Crippen LogP contribution is -2.23. The van der Waals surface area contributed by atoms with Crippen LogP contribution in [0.4, 0.5) is 16.0 Å². The lowest BCUT2D eigenvalue weighted by atomic mass is 10.1. The summed E-state index contributed by atoms with van der Waals surface area (Å²) in [5.41, 5.74) is 3.07. The van der Waals surface area contributed by atoms with Crippen LogP contribution in [0.15, 0.2) is 60.9 Å². The normalized spacial score (nSPS) is 10.3. The van der Waals surface area contributed by atoms with Gasteiger partial charge in [0.25, 0.3) is 5.91 Å². The van der Waals surface area contributed by atoms with Gasteiger partial charge in [-0.3, -0.25) is 4.79 Å². The van der Waals surface area contributed by atoms with Gasteiger partial charge >= 0.3 is 0 Å². The molecule has 1 aromatic heterocycles. The van der Waals surface area contributed by atoms with Crippen molar-refractivity contribution in [1.29, 1.82) is 0 Å². The molecule has 0 unspecified atom stereocenters. The number of carbonyl (C=O) groups is 1. The topological polar surface area (TPSA) is 66.9 Å². The van der Waals surface area contributed by atoms with Gasteiger partial charge < -0.3 is 10.6 Å². The lowest BCUT2D eigenvalue weighted by Gasteiger charge is -2.08. The standard InChI is InChI=1S/C19H17FN4O/c1-13-5-2-3-6-14(13)10-21-18(25)15-11-22-19(23-12-15)24-17-8-4-7-16(20)9-17/h2-9,11-12H,10H2,1H3,(H,21,25)(H,22,23,24). The predicted octanol–water partition coefficient (Wildman–Crippen LogP) is 3.60. The van der Waals surface area contributed by atoms with Crippen LogP contribution in [-0.2, 0) is 6.54 Å². The van der Waals surface area contributed by atoms with Crippen molar-refractivity contribution in [2.75, 3.05) is 5.32 Å². The molecule has 0 spiro atoms. The SMILES string of the molecule is Cc1ccccc1CNC(=O)c1cnc(Nc2cccc(F)c2)nc1. The van der Waals surface area contributed by atoms with Crippen molar-refractivity contribution in [3.63, 3.8) is 0 Å². The number of amides is 1. The summed E-state index contributed by atoms with van der Waals surface area (Å²) >= 11 is 0. The van der Waals surface area contributed by atoms with Crippen LogP contribution in [0.3, 0.4) is 0 Å². The molecule has 25 heavy (non-hydrogen) atoms. The Bertz CT molecular complexity index is 881. The average Bonchev–Trinajstić information content (AvgIpc) is 2.61. The van der Waals surface area contributed by atoms with E-state index in [1.807, 2.05) is 31.2 Å². The van der Waals surface area contributed by atoms with Crippen molar-refractivity contribution in [2.45, 2.75) is 13.5 Å². The van der Waals surface area contributed by atoms with Crippen molar-refractivity contribution < 1.29 is 9.18 Å². The fourth-order valence-corrected chi connectivity index (χ4v) is 2.29. The molecule has 0 radical (unpaired) electrons. The molecule has 6 heteroatoms. The molecule has 1 heterocycles. The molecular weight excluding hydrogens is 319 g/mol. The van der Waals surface area contributed by atoms with Gasteiger partial charge in [0.2, 0.25) is 5.95 Å². The summed E-state index contributed by atoms with van der Waals surface area (Å²) in [5, 5.41) is 5.73. The van der Waals surface area contributed by atoms with Gasteiger partial charge in [0, 0.05) is 24.6 Å². The van der Waals surface area contributed by atoms with Gasteiger partial charge in [0.15, 0.2) is 0 Å². The summed E-state index contributed by atoms with van der Waals surface area (Å²) in [4.78, 5) is 20.4. The Morgan fingerprint density at radius 3 is 2.56 bits per heavy atom. The predicted molar refractivity (Wildman–Crippen MR) is 94.1 cm³/mol. The number of hydrogen-bond acceptors (Lipinski definition) is 4. The molecule has 0 aliphatic rings. The second-order valence-corrected chi connectivity index (χ2v) is 5.54. The maximum Gasteiger partial charge on any atom is 0.254 e. The van der Waals surface area contributed by atoms with E-state index in [1.165, 1.54) is 24.5 Å². The molecule has 126 valence electrons. The minimum absolute atomic E-state index is 0.249. The minimum Gasteiger partial charge on any atom is -0.348 e. The van der Waals surface area contributed by atoms with E-state index in [0.717, 1.165) is 11.1 Å². The van der Waals surface area contributed by atoms with Gasteiger partial charge in [0.1, 0.15) is 5.82 Å². The van der Waals surface area contributed by atoms with E-state index in [9.17, 15) is 9.18 Å². The van der Waals surface area contributed by atoms with Crippen molar-refractivity contribution in [3.8, 4) is 0 Å². The van der Waals surface area contributed by atoms with Gasteiger partial charge in [-0.05, 0) is 36.2 Å². The first-order chi connectivity index (χ1) is 12.1. The van der Waals surface area contributed by atoms with Crippen molar-refractivity contribution in [3.05, 3.63) is 83.4 Å². The third-order valence-corrected chi connectivity index (χ3v) is 3.70. The zero-order valence-electron chi connectivity index (χ0n) is 13.7. The molecule has 0 atom stereocenters. The number of nitrogens with one attached hydrogen (secondary N) is 2. The Labute approximate surface area is 145 Å². The Morgan fingerprint density at radius 2 is 1.84 bits per heavy atom. The first kappa shape index (κ1) is 16.6. The molecule has 0 fully saturated rings. The van der Waals surface area contributed by atoms with Crippen molar-refractivity contribution in [1.82, 2.24) is 15.3 Å². The van der Waals surface area contributed by atoms with E-state index >= 15 is 0 Å². The first-order valence-corrected chi connectivity index (χ1v) is 7.79. The summed E-state index contributed by atoms with van der Waals surface area (Å²) in [6.45, 7) is 2.44. The van der Waals surface area contributed by atoms with Crippen LogP contribution >= 0.6 is 0 Å². The van der Waals surface area contributed by atoms with E-state index in [0.29, 0.717) is 23.7 Å². The molecule has 1 amide bonds. The maximum atomic E-state index is 13.2.